The van der Waals surface area contributed by atoms with Crippen molar-refractivity contribution in [1.82, 2.24) is 0 Å². The van der Waals surface area contributed by atoms with E-state index in [9.17, 15) is 0 Å². The predicted octanol–water partition coefficient (Wildman–Crippen LogP) is 5.61. The molecule has 0 aromatic heterocycles. The Balaban J connectivity index is 3.99. The maximum atomic E-state index is 5.67. The van der Waals surface area contributed by atoms with Crippen LogP contribution in [0.5, 0.6) is 0 Å². The summed E-state index contributed by atoms with van der Waals surface area (Å²) >= 11 is 0. The van der Waals surface area contributed by atoms with Crippen LogP contribution in [0.25, 0.3) is 0 Å². The molecule has 0 saturated heterocycles. The maximum Gasteiger partial charge on any atom is 0.0681 e. The molecule has 0 fully saturated rings. The minimum atomic E-state index is 0.623. The molecule has 0 N–H and O–H groups in total. The summed E-state index contributed by atoms with van der Waals surface area (Å²) in [5, 5.41) is 0. The summed E-state index contributed by atoms with van der Waals surface area (Å²) in [6.45, 7) is 22.2. The minimum absolute atomic E-state index is 0.623. The van der Waals surface area contributed by atoms with Crippen LogP contribution < -0.4 is 0 Å². The third-order valence-electron chi connectivity index (χ3n) is 3.35. The van der Waals surface area contributed by atoms with Crippen molar-refractivity contribution >= 4 is 0 Å². The Morgan fingerprint density at radius 3 is 1.26 bits per heavy atom. The van der Waals surface area contributed by atoms with Crippen LogP contribution in [-0.4, -0.2) is 13.2 Å². The Morgan fingerprint density at radius 1 is 0.684 bits per heavy atom. The first-order valence-electron chi connectivity index (χ1n) is 6.91. The van der Waals surface area contributed by atoms with E-state index in [2.05, 4.69) is 54.7 Å². The molecular formula is C18H30O. The van der Waals surface area contributed by atoms with Crippen LogP contribution in [0.4, 0.5) is 0 Å². The molecule has 0 aromatic rings. The van der Waals surface area contributed by atoms with Crippen LogP contribution >= 0.6 is 0 Å². The van der Waals surface area contributed by atoms with E-state index in [0.29, 0.717) is 13.2 Å². The smallest absolute Gasteiger partial charge is 0.0681 e. The standard InChI is InChI=1S/C18H30O/c1-13(2)17(7)9-15(5)11-19-12-16(6)10-18(8)14(3)4/h5-6,9-12H2,1-4,7-8H3. The first kappa shape index (κ1) is 17.9. The lowest BCUT2D eigenvalue weighted by Gasteiger charge is -2.11. The van der Waals surface area contributed by atoms with Gasteiger partial charge in [0.1, 0.15) is 0 Å². The maximum absolute atomic E-state index is 5.67. The SMILES string of the molecule is C=C(COCC(=C)CC(C)=C(C)C)CC(C)=C(C)C. The van der Waals surface area contributed by atoms with Gasteiger partial charge in [-0.3, -0.25) is 0 Å². The Morgan fingerprint density at radius 2 is 1.00 bits per heavy atom. The lowest BCUT2D eigenvalue weighted by molar-refractivity contribution is 0.177. The van der Waals surface area contributed by atoms with Gasteiger partial charge in [-0.1, -0.05) is 35.5 Å². The highest BCUT2D eigenvalue weighted by Crippen LogP contribution is 2.15. The zero-order valence-electron chi connectivity index (χ0n) is 13.7. The summed E-state index contributed by atoms with van der Waals surface area (Å²) < 4.78 is 5.67. The van der Waals surface area contributed by atoms with E-state index in [-0.39, 0.29) is 0 Å². The molecule has 0 radical (unpaired) electrons. The second kappa shape index (κ2) is 8.92. The lowest BCUT2D eigenvalue weighted by Crippen LogP contribution is -2.03. The Bertz CT molecular complexity index is 348. The van der Waals surface area contributed by atoms with Crippen LogP contribution in [-0.2, 0) is 4.74 Å². The van der Waals surface area contributed by atoms with E-state index >= 15 is 0 Å². The molecule has 1 heteroatoms. The molecule has 0 aromatic carbocycles. The van der Waals surface area contributed by atoms with Gasteiger partial charge in [0.05, 0.1) is 13.2 Å². The van der Waals surface area contributed by atoms with Crippen molar-refractivity contribution in [3.8, 4) is 0 Å². The highest BCUT2D eigenvalue weighted by atomic mass is 16.5. The first-order valence-corrected chi connectivity index (χ1v) is 6.91. The molecule has 0 aliphatic rings. The highest BCUT2D eigenvalue weighted by Gasteiger charge is 2.01. The van der Waals surface area contributed by atoms with Crippen LogP contribution in [0.1, 0.15) is 54.4 Å². The largest absolute Gasteiger partial charge is 0.373 e. The van der Waals surface area contributed by atoms with Crippen molar-refractivity contribution in [1.29, 1.82) is 0 Å². The number of ether oxygens (including phenoxy) is 1. The van der Waals surface area contributed by atoms with E-state index in [1.54, 1.807) is 0 Å². The zero-order chi connectivity index (χ0) is 15.0. The molecule has 0 rings (SSSR count). The topological polar surface area (TPSA) is 9.23 Å². The van der Waals surface area contributed by atoms with Gasteiger partial charge in [0, 0.05) is 0 Å². The average Bonchev–Trinajstić information content (AvgIpc) is 2.28. The molecule has 0 aliphatic carbocycles. The molecule has 19 heavy (non-hydrogen) atoms. The third-order valence-corrected chi connectivity index (χ3v) is 3.35. The van der Waals surface area contributed by atoms with Crippen molar-refractivity contribution in [2.75, 3.05) is 13.2 Å². The molecule has 0 heterocycles. The monoisotopic (exact) mass is 262 g/mol. The molecule has 0 amide bonds. The van der Waals surface area contributed by atoms with Crippen molar-refractivity contribution in [3.05, 3.63) is 46.6 Å². The predicted molar refractivity (Wildman–Crippen MR) is 86.4 cm³/mol. The molecular weight excluding hydrogens is 232 g/mol. The molecule has 1 nitrogen and oxygen atoms in total. The van der Waals surface area contributed by atoms with Crippen molar-refractivity contribution < 1.29 is 4.74 Å². The molecule has 108 valence electrons. The van der Waals surface area contributed by atoms with E-state index in [0.717, 1.165) is 24.0 Å². The van der Waals surface area contributed by atoms with Gasteiger partial charge in [0.2, 0.25) is 0 Å². The van der Waals surface area contributed by atoms with E-state index in [1.807, 2.05) is 0 Å². The van der Waals surface area contributed by atoms with Crippen molar-refractivity contribution in [3.63, 3.8) is 0 Å². The van der Waals surface area contributed by atoms with Gasteiger partial charge >= 0.3 is 0 Å². The van der Waals surface area contributed by atoms with Crippen molar-refractivity contribution in [2.45, 2.75) is 54.4 Å². The second-order valence-electron chi connectivity index (χ2n) is 5.91. The third kappa shape index (κ3) is 8.61. The van der Waals surface area contributed by atoms with Crippen LogP contribution in [0.3, 0.4) is 0 Å². The summed E-state index contributed by atoms with van der Waals surface area (Å²) in [5.74, 6) is 0. The van der Waals surface area contributed by atoms with Gasteiger partial charge in [-0.25, -0.2) is 0 Å². The fraction of sp³-hybridized carbons (Fsp3) is 0.556. The van der Waals surface area contributed by atoms with Crippen LogP contribution in [0, 0.1) is 0 Å². The minimum Gasteiger partial charge on any atom is -0.373 e. The van der Waals surface area contributed by atoms with E-state index in [1.165, 1.54) is 22.3 Å². The van der Waals surface area contributed by atoms with Crippen LogP contribution in [0.15, 0.2) is 46.6 Å². The number of hydrogen-bond acceptors (Lipinski definition) is 1. The van der Waals surface area contributed by atoms with Crippen LogP contribution in [0.2, 0.25) is 0 Å². The first-order chi connectivity index (χ1) is 8.73. The Kier molecular flexibility index (Phi) is 8.42. The zero-order valence-corrected chi connectivity index (χ0v) is 13.7. The normalized spacial score (nSPS) is 10.0. The fourth-order valence-electron chi connectivity index (χ4n) is 1.55. The number of hydrogen-bond donors (Lipinski definition) is 0. The van der Waals surface area contributed by atoms with Gasteiger partial charge in [-0.15, -0.1) is 0 Å². The fourth-order valence-corrected chi connectivity index (χ4v) is 1.55. The summed E-state index contributed by atoms with van der Waals surface area (Å²) in [4.78, 5) is 0. The molecule has 0 aliphatic heterocycles. The van der Waals surface area contributed by atoms with Gasteiger partial charge in [0.25, 0.3) is 0 Å². The molecule has 0 spiro atoms. The lowest BCUT2D eigenvalue weighted by atomic mass is 10.0. The summed E-state index contributed by atoms with van der Waals surface area (Å²) in [6, 6.07) is 0. The molecule has 0 bridgehead atoms. The average molecular weight is 262 g/mol. The van der Waals surface area contributed by atoms with Gasteiger partial charge in [-0.2, -0.15) is 0 Å². The van der Waals surface area contributed by atoms with E-state index in [4.69, 9.17) is 4.74 Å². The Hall–Kier alpha value is -1.08. The van der Waals surface area contributed by atoms with Gasteiger partial charge in [-0.05, 0) is 65.5 Å². The Labute approximate surface area is 119 Å². The van der Waals surface area contributed by atoms with Gasteiger partial charge < -0.3 is 4.74 Å². The van der Waals surface area contributed by atoms with Crippen molar-refractivity contribution in [2.24, 2.45) is 0 Å². The number of allylic oxidation sites excluding steroid dienone is 4. The molecule has 0 atom stereocenters. The number of rotatable bonds is 8. The quantitative estimate of drug-likeness (QED) is 0.517. The highest BCUT2D eigenvalue weighted by molar-refractivity contribution is 5.17. The molecule has 0 unspecified atom stereocenters. The summed E-state index contributed by atoms with van der Waals surface area (Å²) in [7, 11) is 0. The summed E-state index contributed by atoms with van der Waals surface area (Å²) in [5.41, 5.74) is 7.76. The van der Waals surface area contributed by atoms with E-state index < -0.39 is 0 Å². The molecule has 0 saturated carbocycles. The summed E-state index contributed by atoms with van der Waals surface area (Å²) in [6.07, 6.45) is 1.86. The van der Waals surface area contributed by atoms with Gasteiger partial charge in [0.15, 0.2) is 0 Å². The second-order valence-corrected chi connectivity index (χ2v) is 5.91.